The molecular formula is C24H22N8. The predicted octanol–water partition coefficient (Wildman–Crippen LogP) is 3.37. The molecule has 0 unspecified atom stereocenters. The minimum absolute atomic E-state index is 0.767. The molecule has 0 amide bonds. The standard InChI is InChI=1S/C24H22N8/c1-17-27-28-21-11-12-22(29-32(17)21)30-13-15-31(16-14-30)24-25-20-10-6-5-9-19(20)23(26-24)18-7-3-2-4-8-18/h2-12H,13-16H2,1H3. The molecule has 4 heterocycles. The molecule has 32 heavy (non-hydrogen) atoms. The van der Waals surface area contributed by atoms with E-state index in [1.165, 1.54) is 0 Å². The lowest BCUT2D eigenvalue weighted by molar-refractivity contribution is 0.630. The molecule has 3 aromatic heterocycles. The highest BCUT2D eigenvalue weighted by molar-refractivity contribution is 5.93. The van der Waals surface area contributed by atoms with E-state index < -0.39 is 0 Å². The van der Waals surface area contributed by atoms with Gasteiger partial charge in [-0.3, -0.25) is 0 Å². The van der Waals surface area contributed by atoms with Gasteiger partial charge in [0.2, 0.25) is 5.95 Å². The quantitative estimate of drug-likeness (QED) is 0.441. The van der Waals surface area contributed by atoms with Gasteiger partial charge >= 0.3 is 0 Å². The predicted molar refractivity (Wildman–Crippen MR) is 125 cm³/mol. The molecule has 8 nitrogen and oxygen atoms in total. The van der Waals surface area contributed by atoms with Crippen LogP contribution in [0.25, 0.3) is 27.8 Å². The molecule has 0 aliphatic carbocycles. The van der Waals surface area contributed by atoms with Crippen molar-refractivity contribution >= 4 is 28.3 Å². The first-order valence-electron chi connectivity index (χ1n) is 10.8. The topological polar surface area (TPSA) is 75.3 Å². The molecule has 5 aromatic rings. The summed E-state index contributed by atoms with van der Waals surface area (Å²) < 4.78 is 1.79. The summed E-state index contributed by atoms with van der Waals surface area (Å²) in [5.41, 5.74) is 3.81. The number of nitrogens with zero attached hydrogens (tertiary/aromatic N) is 8. The van der Waals surface area contributed by atoms with Crippen LogP contribution < -0.4 is 9.80 Å². The van der Waals surface area contributed by atoms with Gasteiger partial charge in [-0.2, -0.15) is 4.52 Å². The summed E-state index contributed by atoms with van der Waals surface area (Å²) >= 11 is 0. The molecule has 0 bridgehead atoms. The van der Waals surface area contributed by atoms with Crippen LogP contribution >= 0.6 is 0 Å². The molecule has 8 heteroatoms. The van der Waals surface area contributed by atoms with Gasteiger partial charge in [-0.1, -0.05) is 48.5 Å². The van der Waals surface area contributed by atoms with Crippen molar-refractivity contribution in [2.45, 2.75) is 6.92 Å². The number of benzene rings is 2. The molecule has 0 N–H and O–H groups in total. The zero-order valence-corrected chi connectivity index (χ0v) is 17.8. The van der Waals surface area contributed by atoms with E-state index in [0.717, 1.165) is 71.6 Å². The fourth-order valence-electron chi connectivity index (χ4n) is 4.21. The Morgan fingerprint density at radius 2 is 1.47 bits per heavy atom. The van der Waals surface area contributed by atoms with E-state index >= 15 is 0 Å². The molecule has 0 spiro atoms. The molecular weight excluding hydrogens is 400 g/mol. The van der Waals surface area contributed by atoms with Gasteiger partial charge in [0.25, 0.3) is 0 Å². The minimum atomic E-state index is 0.767. The Morgan fingerprint density at radius 1 is 0.719 bits per heavy atom. The van der Waals surface area contributed by atoms with Gasteiger partial charge in [0, 0.05) is 37.1 Å². The van der Waals surface area contributed by atoms with Crippen molar-refractivity contribution in [3.63, 3.8) is 0 Å². The Bertz CT molecular complexity index is 1400. The average molecular weight is 422 g/mol. The van der Waals surface area contributed by atoms with E-state index in [9.17, 15) is 0 Å². The zero-order chi connectivity index (χ0) is 21.5. The zero-order valence-electron chi connectivity index (χ0n) is 17.8. The fraction of sp³-hybridized carbons (Fsp3) is 0.208. The van der Waals surface area contributed by atoms with E-state index in [4.69, 9.17) is 15.1 Å². The summed E-state index contributed by atoms with van der Waals surface area (Å²) in [6.07, 6.45) is 0. The fourth-order valence-corrected chi connectivity index (χ4v) is 4.21. The van der Waals surface area contributed by atoms with Crippen LogP contribution in [0.1, 0.15) is 5.82 Å². The van der Waals surface area contributed by atoms with Crippen molar-refractivity contribution in [3.8, 4) is 11.3 Å². The number of hydrogen-bond acceptors (Lipinski definition) is 7. The molecule has 158 valence electrons. The lowest BCUT2D eigenvalue weighted by atomic mass is 10.1. The van der Waals surface area contributed by atoms with E-state index in [1.807, 2.05) is 49.4 Å². The first-order chi connectivity index (χ1) is 15.8. The molecule has 6 rings (SSSR count). The van der Waals surface area contributed by atoms with Gasteiger partial charge in [-0.15, -0.1) is 15.3 Å². The van der Waals surface area contributed by atoms with Crippen molar-refractivity contribution in [3.05, 3.63) is 72.6 Å². The van der Waals surface area contributed by atoms with Gasteiger partial charge < -0.3 is 9.80 Å². The van der Waals surface area contributed by atoms with Crippen LogP contribution in [0.5, 0.6) is 0 Å². The van der Waals surface area contributed by atoms with Crippen LogP contribution in [0, 0.1) is 6.92 Å². The highest BCUT2D eigenvalue weighted by Gasteiger charge is 2.22. The van der Waals surface area contributed by atoms with Crippen LogP contribution in [0.2, 0.25) is 0 Å². The Hall–Kier alpha value is -4.07. The molecule has 0 saturated carbocycles. The highest BCUT2D eigenvalue weighted by Crippen LogP contribution is 2.28. The number of rotatable bonds is 3. The number of piperazine rings is 1. The van der Waals surface area contributed by atoms with Crippen LogP contribution in [-0.4, -0.2) is 56.0 Å². The first-order valence-corrected chi connectivity index (χ1v) is 10.8. The number of para-hydroxylation sites is 1. The van der Waals surface area contributed by atoms with Crippen molar-refractivity contribution in [2.75, 3.05) is 36.0 Å². The second-order valence-corrected chi connectivity index (χ2v) is 7.94. The van der Waals surface area contributed by atoms with Crippen LogP contribution in [0.15, 0.2) is 66.7 Å². The summed E-state index contributed by atoms with van der Waals surface area (Å²) in [5.74, 6) is 2.50. The molecule has 0 radical (unpaired) electrons. The number of aryl methyl sites for hydroxylation is 1. The number of fused-ring (bicyclic) bond motifs is 2. The van der Waals surface area contributed by atoms with Crippen LogP contribution in [0.4, 0.5) is 11.8 Å². The molecule has 0 atom stereocenters. The number of hydrogen-bond donors (Lipinski definition) is 0. The summed E-state index contributed by atoms with van der Waals surface area (Å²) in [7, 11) is 0. The molecule has 1 fully saturated rings. The van der Waals surface area contributed by atoms with Crippen molar-refractivity contribution in [1.29, 1.82) is 0 Å². The molecule has 1 aliphatic rings. The van der Waals surface area contributed by atoms with Gasteiger partial charge in [-0.25, -0.2) is 9.97 Å². The molecule has 2 aromatic carbocycles. The summed E-state index contributed by atoms with van der Waals surface area (Å²) in [6, 6.07) is 22.5. The van der Waals surface area contributed by atoms with E-state index in [1.54, 1.807) is 4.52 Å². The van der Waals surface area contributed by atoms with Gasteiger partial charge in [-0.05, 0) is 25.1 Å². The Kier molecular flexibility index (Phi) is 4.41. The minimum Gasteiger partial charge on any atom is -0.352 e. The largest absolute Gasteiger partial charge is 0.352 e. The maximum Gasteiger partial charge on any atom is 0.226 e. The van der Waals surface area contributed by atoms with Gasteiger partial charge in [0.1, 0.15) is 5.82 Å². The van der Waals surface area contributed by atoms with Gasteiger partial charge in [0.15, 0.2) is 11.5 Å². The maximum absolute atomic E-state index is 5.00. The van der Waals surface area contributed by atoms with Crippen molar-refractivity contribution in [2.24, 2.45) is 0 Å². The monoisotopic (exact) mass is 422 g/mol. The maximum atomic E-state index is 5.00. The van der Waals surface area contributed by atoms with Gasteiger partial charge in [0.05, 0.1) is 11.2 Å². The second kappa shape index (κ2) is 7.56. The third-order valence-electron chi connectivity index (χ3n) is 5.93. The lowest BCUT2D eigenvalue weighted by Gasteiger charge is -2.35. The SMILES string of the molecule is Cc1nnc2ccc(N3CCN(c4nc(-c5ccccc5)c5ccccc5n4)CC3)nn12. The van der Waals surface area contributed by atoms with Crippen molar-refractivity contribution in [1.82, 2.24) is 29.8 Å². The average Bonchev–Trinajstić information content (AvgIpc) is 3.24. The first kappa shape index (κ1) is 18.7. The molecule has 1 saturated heterocycles. The smallest absolute Gasteiger partial charge is 0.226 e. The third-order valence-corrected chi connectivity index (χ3v) is 5.93. The third kappa shape index (κ3) is 3.20. The van der Waals surface area contributed by atoms with E-state index in [-0.39, 0.29) is 0 Å². The van der Waals surface area contributed by atoms with E-state index in [0.29, 0.717) is 0 Å². The number of aromatic nitrogens is 6. The lowest BCUT2D eigenvalue weighted by Crippen LogP contribution is -2.47. The summed E-state index contributed by atoms with van der Waals surface area (Å²) in [4.78, 5) is 14.4. The highest BCUT2D eigenvalue weighted by atomic mass is 15.4. The Balaban J connectivity index is 1.29. The molecule has 1 aliphatic heterocycles. The second-order valence-electron chi connectivity index (χ2n) is 7.94. The van der Waals surface area contributed by atoms with Crippen LogP contribution in [0.3, 0.4) is 0 Å². The van der Waals surface area contributed by atoms with E-state index in [2.05, 4.69) is 44.3 Å². The Morgan fingerprint density at radius 3 is 2.31 bits per heavy atom. The van der Waals surface area contributed by atoms with Crippen LogP contribution in [-0.2, 0) is 0 Å². The normalized spacial score (nSPS) is 14.4. The number of anilines is 2. The Labute approximate surface area is 185 Å². The van der Waals surface area contributed by atoms with Crippen molar-refractivity contribution < 1.29 is 0 Å². The summed E-state index contributed by atoms with van der Waals surface area (Å²) in [5, 5.41) is 14.0. The summed E-state index contributed by atoms with van der Waals surface area (Å²) in [6.45, 7) is 5.25.